The van der Waals surface area contributed by atoms with E-state index < -0.39 is 0 Å². The van der Waals surface area contributed by atoms with Crippen molar-refractivity contribution in [2.75, 3.05) is 26.7 Å². The van der Waals surface area contributed by atoms with Crippen LogP contribution in [0.25, 0.3) is 0 Å². The number of halogens is 2. The molecule has 2 nitrogen and oxygen atoms in total. The fourth-order valence-corrected chi connectivity index (χ4v) is 3.05. The number of nitrogens with zero attached hydrogens (tertiary/aromatic N) is 1. The van der Waals surface area contributed by atoms with Crippen LogP contribution in [0.3, 0.4) is 0 Å². The van der Waals surface area contributed by atoms with Gasteiger partial charge >= 0.3 is 0 Å². The summed E-state index contributed by atoms with van der Waals surface area (Å²) in [5.41, 5.74) is 1.32. The number of hydrogen-bond donors (Lipinski definition) is 1. The molecule has 1 aromatic carbocycles. The Bertz CT molecular complexity index is 322. The van der Waals surface area contributed by atoms with Gasteiger partial charge in [0.15, 0.2) is 0 Å². The van der Waals surface area contributed by atoms with Crippen molar-refractivity contribution in [2.24, 2.45) is 0 Å². The van der Waals surface area contributed by atoms with Gasteiger partial charge in [-0.05, 0) is 43.8 Å². The fraction of sp³-hybridized carbons (Fsp3) is 0.538. The van der Waals surface area contributed by atoms with Gasteiger partial charge in [-0.25, -0.2) is 0 Å². The number of hydrogen-bond acceptors (Lipinski definition) is 2. The average molecular weight is 364 g/mol. The Labute approximate surface area is 121 Å². The van der Waals surface area contributed by atoms with Crippen LogP contribution in [0.2, 0.25) is 0 Å². The minimum absolute atomic E-state index is 0.978. The van der Waals surface area contributed by atoms with E-state index in [9.17, 15) is 0 Å². The second-order valence-corrected chi connectivity index (χ2v) is 6.10. The average Bonchev–Trinajstić information content (AvgIpc) is 2.23. The fourth-order valence-electron chi connectivity index (χ4n) is 1.66. The Morgan fingerprint density at radius 1 is 1.12 bits per heavy atom. The molecule has 4 heteroatoms. The zero-order valence-corrected chi connectivity index (χ0v) is 13.6. The van der Waals surface area contributed by atoms with E-state index in [1.807, 2.05) is 0 Å². The van der Waals surface area contributed by atoms with Gasteiger partial charge in [0.2, 0.25) is 0 Å². The van der Waals surface area contributed by atoms with E-state index in [-0.39, 0.29) is 0 Å². The second kappa shape index (κ2) is 8.25. The van der Waals surface area contributed by atoms with Crippen molar-refractivity contribution < 1.29 is 0 Å². The lowest BCUT2D eigenvalue weighted by Gasteiger charge is -2.17. The molecule has 1 aromatic rings. The maximum absolute atomic E-state index is 3.52. The first-order valence-corrected chi connectivity index (χ1v) is 7.54. The lowest BCUT2D eigenvalue weighted by atomic mass is 10.2. The highest BCUT2D eigenvalue weighted by Crippen LogP contribution is 2.20. The van der Waals surface area contributed by atoms with Crippen molar-refractivity contribution >= 4 is 31.9 Å². The minimum Gasteiger partial charge on any atom is -0.315 e. The van der Waals surface area contributed by atoms with Crippen LogP contribution in [0.1, 0.15) is 18.9 Å². The molecule has 0 aliphatic rings. The van der Waals surface area contributed by atoms with Crippen molar-refractivity contribution in [2.45, 2.75) is 19.9 Å². The maximum Gasteiger partial charge on any atom is 0.0232 e. The van der Waals surface area contributed by atoms with Crippen LogP contribution in [0.4, 0.5) is 0 Å². The molecule has 0 fully saturated rings. The number of rotatable bonds is 7. The molecule has 0 bridgehead atoms. The third-order valence-electron chi connectivity index (χ3n) is 2.47. The molecule has 0 heterocycles. The topological polar surface area (TPSA) is 15.3 Å². The second-order valence-electron chi connectivity index (χ2n) is 4.27. The van der Waals surface area contributed by atoms with E-state index in [0.29, 0.717) is 0 Å². The lowest BCUT2D eigenvalue weighted by Crippen LogP contribution is -2.29. The van der Waals surface area contributed by atoms with Gasteiger partial charge in [-0.3, -0.25) is 0 Å². The quantitative estimate of drug-likeness (QED) is 0.744. The van der Waals surface area contributed by atoms with Crippen molar-refractivity contribution in [3.8, 4) is 0 Å². The first kappa shape index (κ1) is 15.2. The van der Waals surface area contributed by atoms with Crippen molar-refractivity contribution in [1.29, 1.82) is 0 Å². The first-order valence-electron chi connectivity index (χ1n) is 5.96. The van der Waals surface area contributed by atoms with E-state index in [0.717, 1.165) is 35.1 Å². The van der Waals surface area contributed by atoms with Crippen LogP contribution in [0.15, 0.2) is 27.1 Å². The molecule has 1 rings (SSSR count). The molecule has 0 aliphatic heterocycles. The highest BCUT2D eigenvalue weighted by atomic mass is 79.9. The standard InChI is InChI=1S/C13H20Br2N2/c1-3-4-16-5-6-17(2)10-11-7-12(14)9-13(15)8-11/h7-9,16H,3-6,10H2,1-2H3. The van der Waals surface area contributed by atoms with E-state index >= 15 is 0 Å². The van der Waals surface area contributed by atoms with Crippen LogP contribution in [0.5, 0.6) is 0 Å². The van der Waals surface area contributed by atoms with Crippen LogP contribution >= 0.6 is 31.9 Å². The zero-order valence-electron chi connectivity index (χ0n) is 10.5. The highest BCUT2D eigenvalue weighted by Gasteiger charge is 2.02. The van der Waals surface area contributed by atoms with Gasteiger partial charge in [-0.15, -0.1) is 0 Å². The Morgan fingerprint density at radius 3 is 2.35 bits per heavy atom. The Kier molecular flexibility index (Phi) is 7.35. The van der Waals surface area contributed by atoms with E-state index in [1.54, 1.807) is 0 Å². The monoisotopic (exact) mass is 362 g/mol. The molecule has 96 valence electrons. The number of benzene rings is 1. The molecule has 0 aliphatic carbocycles. The van der Waals surface area contributed by atoms with Gasteiger partial charge in [-0.1, -0.05) is 38.8 Å². The summed E-state index contributed by atoms with van der Waals surface area (Å²) in [5, 5.41) is 3.41. The van der Waals surface area contributed by atoms with Crippen LogP contribution in [-0.2, 0) is 6.54 Å². The summed E-state index contributed by atoms with van der Waals surface area (Å²) in [5.74, 6) is 0. The highest BCUT2D eigenvalue weighted by molar-refractivity contribution is 9.11. The van der Waals surface area contributed by atoms with Gasteiger partial charge in [0, 0.05) is 28.6 Å². The normalized spacial score (nSPS) is 11.1. The molecular formula is C13H20Br2N2. The lowest BCUT2D eigenvalue weighted by molar-refractivity contribution is 0.324. The van der Waals surface area contributed by atoms with E-state index in [1.165, 1.54) is 12.0 Å². The molecule has 0 unspecified atom stereocenters. The molecule has 0 saturated heterocycles. The molecule has 0 amide bonds. The summed E-state index contributed by atoms with van der Waals surface area (Å²) in [7, 11) is 2.16. The van der Waals surface area contributed by atoms with Gasteiger partial charge in [0.1, 0.15) is 0 Å². The predicted octanol–water partition coefficient (Wildman–Crippen LogP) is 3.64. The Morgan fingerprint density at radius 2 is 1.76 bits per heavy atom. The summed E-state index contributed by atoms with van der Waals surface area (Å²) < 4.78 is 2.25. The van der Waals surface area contributed by atoms with Crippen molar-refractivity contribution in [1.82, 2.24) is 10.2 Å². The molecule has 0 radical (unpaired) electrons. The van der Waals surface area contributed by atoms with Crippen molar-refractivity contribution in [3.63, 3.8) is 0 Å². The number of nitrogens with one attached hydrogen (secondary N) is 1. The third kappa shape index (κ3) is 6.55. The van der Waals surface area contributed by atoms with Crippen LogP contribution < -0.4 is 5.32 Å². The summed E-state index contributed by atoms with van der Waals surface area (Å²) in [4.78, 5) is 2.33. The molecule has 0 spiro atoms. The van der Waals surface area contributed by atoms with E-state index in [2.05, 4.69) is 74.2 Å². The Hall–Kier alpha value is 0.1000. The van der Waals surface area contributed by atoms with Gasteiger partial charge in [0.25, 0.3) is 0 Å². The summed E-state index contributed by atoms with van der Waals surface area (Å²) in [6, 6.07) is 6.40. The molecule has 0 saturated carbocycles. The minimum atomic E-state index is 0.978. The molecule has 0 atom stereocenters. The van der Waals surface area contributed by atoms with Crippen LogP contribution in [-0.4, -0.2) is 31.6 Å². The summed E-state index contributed by atoms with van der Waals surface area (Å²) in [6.07, 6.45) is 1.20. The molecule has 0 aromatic heterocycles. The van der Waals surface area contributed by atoms with Gasteiger partial charge in [0.05, 0.1) is 0 Å². The molecule has 17 heavy (non-hydrogen) atoms. The SMILES string of the molecule is CCCNCCN(C)Cc1cc(Br)cc(Br)c1. The smallest absolute Gasteiger partial charge is 0.0232 e. The molecule has 1 N–H and O–H groups in total. The summed E-state index contributed by atoms with van der Waals surface area (Å²) in [6.45, 7) is 6.40. The van der Waals surface area contributed by atoms with Crippen molar-refractivity contribution in [3.05, 3.63) is 32.7 Å². The first-order chi connectivity index (χ1) is 8.11. The third-order valence-corrected chi connectivity index (χ3v) is 3.39. The van der Waals surface area contributed by atoms with Crippen LogP contribution in [0, 0.1) is 0 Å². The zero-order chi connectivity index (χ0) is 12.7. The summed E-state index contributed by atoms with van der Waals surface area (Å²) >= 11 is 7.03. The van der Waals surface area contributed by atoms with E-state index in [4.69, 9.17) is 0 Å². The Balaban J connectivity index is 2.36. The largest absolute Gasteiger partial charge is 0.315 e. The van der Waals surface area contributed by atoms with Gasteiger partial charge in [-0.2, -0.15) is 0 Å². The number of likely N-dealkylation sites (N-methyl/N-ethyl adjacent to an activating group) is 1. The predicted molar refractivity (Wildman–Crippen MR) is 81.3 cm³/mol. The maximum atomic E-state index is 3.52. The molecular weight excluding hydrogens is 344 g/mol. The van der Waals surface area contributed by atoms with Gasteiger partial charge < -0.3 is 10.2 Å².